The molecule has 18 heavy (non-hydrogen) atoms. The molecule has 2 nitrogen and oxygen atoms in total. The quantitative estimate of drug-likeness (QED) is 0.788. The summed E-state index contributed by atoms with van der Waals surface area (Å²) < 4.78 is 26.5. The number of nitrogen functional groups attached to an aromatic ring is 1. The average molecular weight is 254 g/mol. The van der Waals surface area contributed by atoms with Crippen LogP contribution in [0.25, 0.3) is 0 Å². The Balaban J connectivity index is 2.10. The number of anilines is 2. The van der Waals surface area contributed by atoms with Crippen LogP contribution >= 0.6 is 0 Å². The van der Waals surface area contributed by atoms with E-state index in [1.165, 1.54) is 6.07 Å². The molecular formula is C14H20F2N2. The molecule has 2 rings (SSSR count). The third-order valence-electron chi connectivity index (χ3n) is 4.05. The van der Waals surface area contributed by atoms with Crippen molar-refractivity contribution in [2.24, 2.45) is 11.8 Å². The lowest BCUT2D eigenvalue weighted by atomic mass is 9.79. The Hall–Kier alpha value is -1.32. The van der Waals surface area contributed by atoms with Crippen LogP contribution in [0.1, 0.15) is 33.1 Å². The maximum absolute atomic E-state index is 13.3. The summed E-state index contributed by atoms with van der Waals surface area (Å²) in [6, 6.07) is 2.33. The van der Waals surface area contributed by atoms with Crippen molar-refractivity contribution in [2.75, 3.05) is 11.1 Å². The van der Waals surface area contributed by atoms with Gasteiger partial charge in [0.2, 0.25) is 0 Å². The minimum atomic E-state index is -0.699. The first-order valence-corrected chi connectivity index (χ1v) is 6.48. The summed E-state index contributed by atoms with van der Waals surface area (Å²) >= 11 is 0. The van der Waals surface area contributed by atoms with E-state index in [2.05, 4.69) is 19.2 Å². The number of nitrogens with one attached hydrogen (secondary N) is 1. The van der Waals surface area contributed by atoms with Crippen molar-refractivity contribution in [3.05, 3.63) is 23.8 Å². The van der Waals surface area contributed by atoms with Gasteiger partial charge >= 0.3 is 0 Å². The Morgan fingerprint density at radius 3 is 2.56 bits per heavy atom. The fraction of sp³-hybridized carbons (Fsp3) is 0.571. The smallest absolute Gasteiger partial charge is 0.151 e. The second-order valence-electron chi connectivity index (χ2n) is 5.46. The molecule has 0 aliphatic heterocycles. The van der Waals surface area contributed by atoms with Crippen molar-refractivity contribution in [3.8, 4) is 0 Å². The molecule has 0 amide bonds. The first-order chi connectivity index (χ1) is 8.47. The van der Waals surface area contributed by atoms with Crippen LogP contribution in [-0.2, 0) is 0 Å². The van der Waals surface area contributed by atoms with Crippen molar-refractivity contribution in [3.63, 3.8) is 0 Å². The number of hydrogen-bond donors (Lipinski definition) is 2. The molecule has 3 atom stereocenters. The van der Waals surface area contributed by atoms with Gasteiger partial charge in [-0.15, -0.1) is 0 Å². The summed E-state index contributed by atoms with van der Waals surface area (Å²) in [5.74, 6) is 0.0386. The first-order valence-electron chi connectivity index (χ1n) is 6.48. The van der Waals surface area contributed by atoms with Crippen LogP contribution in [0.5, 0.6) is 0 Å². The molecule has 1 fully saturated rings. The Kier molecular flexibility index (Phi) is 3.73. The van der Waals surface area contributed by atoms with Crippen LogP contribution < -0.4 is 11.1 Å². The van der Waals surface area contributed by atoms with Crippen LogP contribution in [0.2, 0.25) is 0 Å². The van der Waals surface area contributed by atoms with Crippen molar-refractivity contribution in [1.29, 1.82) is 0 Å². The molecule has 4 heteroatoms. The molecule has 1 aromatic rings. The van der Waals surface area contributed by atoms with Gasteiger partial charge < -0.3 is 11.1 Å². The predicted molar refractivity (Wildman–Crippen MR) is 70.4 cm³/mol. The first kappa shape index (κ1) is 13.1. The van der Waals surface area contributed by atoms with Gasteiger partial charge in [0.05, 0.1) is 11.4 Å². The van der Waals surface area contributed by atoms with Gasteiger partial charge in [-0.3, -0.25) is 0 Å². The zero-order chi connectivity index (χ0) is 13.3. The van der Waals surface area contributed by atoms with E-state index < -0.39 is 11.6 Å². The number of nitrogens with two attached hydrogens (primary N) is 1. The Bertz CT molecular complexity index is 434. The van der Waals surface area contributed by atoms with E-state index in [9.17, 15) is 8.78 Å². The van der Waals surface area contributed by atoms with E-state index in [1.807, 2.05) is 0 Å². The second kappa shape index (κ2) is 5.12. The van der Waals surface area contributed by atoms with E-state index in [-0.39, 0.29) is 11.7 Å². The lowest BCUT2D eigenvalue weighted by Crippen LogP contribution is -2.30. The maximum Gasteiger partial charge on any atom is 0.151 e. The van der Waals surface area contributed by atoms with Gasteiger partial charge in [0.25, 0.3) is 0 Å². The summed E-state index contributed by atoms with van der Waals surface area (Å²) in [6.07, 6.45) is 3.17. The third-order valence-corrected chi connectivity index (χ3v) is 4.05. The fourth-order valence-corrected chi connectivity index (χ4v) is 2.60. The highest BCUT2D eigenvalue weighted by molar-refractivity contribution is 5.67. The molecule has 3 N–H and O–H groups in total. The number of rotatable bonds is 2. The van der Waals surface area contributed by atoms with Crippen molar-refractivity contribution < 1.29 is 8.78 Å². The van der Waals surface area contributed by atoms with Gasteiger partial charge in [-0.1, -0.05) is 13.8 Å². The molecule has 0 saturated heterocycles. The summed E-state index contributed by atoms with van der Waals surface area (Å²) in [5, 5.41) is 3.18. The van der Waals surface area contributed by atoms with E-state index in [0.29, 0.717) is 17.5 Å². The molecule has 100 valence electrons. The van der Waals surface area contributed by atoms with Gasteiger partial charge in [0, 0.05) is 12.1 Å². The standard InChI is InChI=1S/C14H20F2N2/c1-8-3-4-11(5-9(8)2)18-13-7-10(15)6-12(16)14(13)17/h6-9,11,18H,3-5,17H2,1-2H3. The summed E-state index contributed by atoms with van der Waals surface area (Å²) in [5.41, 5.74) is 6.00. The molecule has 1 saturated carbocycles. The van der Waals surface area contributed by atoms with E-state index in [4.69, 9.17) is 5.73 Å². The lowest BCUT2D eigenvalue weighted by Gasteiger charge is -2.33. The molecule has 0 spiro atoms. The van der Waals surface area contributed by atoms with E-state index >= 15 is 0 Å². The van der Waals surface area contributed by atoms with Crippen LogP contribution in [0.15, 0.2) is 12.1 Å². The molecule has 1 aliphatic carbocycles. The van der Waals surface area contributed by atoms with Gasteiger partial charge in [-0.05, 0) is 37.2 Å². The van der Waals surface area contributed by atoms with Crippen LogP contribution in [0, 0.1) is 23.5 Å². The van der Waals surface area contributed by atoms with Gasteiger partial charge in [0.15, 0.2) is 5.82 Å². The number of hydrogen-bond acceptors (Lipinski definition) is 2. The Morgan fingerprint density at radius 2 is 1.89 bits per heavy atom. The number of halogens is 2. The minimum absolute atomic E-state index is 0.00248. The summed E-state index contributed by atoms with van der Waals surface area (Å²) in [7, 11) is 0. The summed E-state index contributed by atoms with van der Waals surface area (Å²) in [6.45, 7) is 4.46. The highest BCUT2D eigenvalue weighted by Crippen LogP contribution is 2.32. The summed E-state index contributed by atoms with van der Waals surface area (Å²) in [4.78, 5) is 0. The third kappa shape index (κ3) is 2.74. The van der Waals surface area contributed by atoms with E-state index in [1.54, 1.807) is 0 Å². The van der Waals surface area contributed by atoms with Gasteiger partial charge in [-0.2, -0.15) is 0 Å². The zero-order valence-electron chi connectivity index (χ0n) is 10.8. The highest BCUT2D eigenvalue weighted by atomic mass is 19.1. The molecule has 0 bridgehead atoms. The molecule has 1 aromatic carbocycles. The Labute approximate surface area is 107 Å². The average Bonchev–Trinajstić information content (AvgIpc) is 2.30. The van der Waals surface area contributed by atoms with Gasteiger partial charge in [0.1, 0.15) is 5.82 Å². The predicted octanol–water partition coefficient (Wildman–Crippen LogP) is 3.78. The molecule has 0 radical (unpaired) electrons. The highest BCUT2D eigenvalue weighted by Gasteiger charge is 2.25. The Morgan fingerprint density at radius 1 is 1.17 bits per heavy atom. The fourth-order valence-electron chi connectivity index (χ4n) is 2.60. The van der Waals surface area contributed by atoms with Crippen molar-refractivity contribution in [2.45, 2.75) is 39.2 Å². The molecule has 0 heterocycles. The van der Waals surface area contributed by atoms with Crippen LogP contribution in [0.4, 0.5) is 20.2 Å². The van der Waals surface area contributed by atoms with Crippen molar-refractivity contribution >= 4 is 11.4 Å². The lowest BCUT2D eigenvalue weighted by molar-refractivity contribution is 0.261. The SMILES string of the molecule is CC1CCC(Nc2cc(F)cc(F)c2N)CC1C. The molecule has 0 aromatic heterocycles. The monoisotopic (exact) mass is 254 g/mol. The van der Waals surface area contributed by atoms with Crippen LogP contribution in [0.3, 0.4) is 0 Å². The topological polar surface area (TPSA) is 38.0 Å². The maximum atomic E-state index is 13.3. The van der Waals surface area contributed by atoms with Crippen molar-refractivity contribution in [1.82, 2.24) is 0 Å². The normalized spacial score (nSPS) is 28.1. The molecule has 1 aliphatic rings. The number of benzene rings is 1. The van der Waals surface area contributed by atoms with Crippen LogP contribution in [-0.4, -0.2) is 6.04 Å². The minimum Gasteiger partial charge on any atom is -0.395 e. The van der Waals surface area contributed by atoms with E-state index in [0.717, 1.165) is 25.3 Å². The largest absolute Gasteiger partial charge is 0.395 e. The van der Waals surface area contributed by atoms with Gasteiger partial charge in [-0.25, -0.2) is 8.78 Å². The molecular weight excluding hydrogens is 234 g/mol. The molecule has 3 unspecified atom stereocenters. The second-order valence-corrected chi connectivity index (χ2v) is 5.46. The zero-order valence-corrected chi connectivity index (χ0v) is 10.8.